The molecule has 5 heteroatoms. The molecule has 0 spiro atoms. The van der Waals surface area contributed by atoms with Gasteiger partial charge in [-0.2, -0.15) is 0 Å². The first-order chi connectivity index (χ1) is 12.2. The highest BCUT2D eigenvalue weighted by Gasteiger charge is 2.27. The lowest BCUT2D eigenvalue weighted by molar-refractivity contribution is 0.000903. The SMILES string of the molecule is O=C(NC1CCOC(c2ccccc2)C1)c1cc(C2CC2)[nH]c(=O)c1. The Morgan fingerprint density at radius 2 is 1.92 bits per heavy atom. The zero-order chi connectivity index (χ0) is 17.2. The van der Waals surface area contributed by atoms with Gasteiger partial charge in [0.2, 0.25) is 5.56 Å². The van der Waals surface area contributed by atoms with Crippen molar-refractivity contribution in [2.24, 2.45) is 0 Å². The molecule has 2 unspecified atom stereocenters. The fourth-order valence-corrected chi connectivity index (χ4v) is 3.41. The van der Waals surface area contributed by atoms with Crippen molar-refractivity contribution in [3.63, 3.8) is 0 Å². The molecule has 2 N–H and O–H groups in total. The number of pyridine rings is 1. The first-order valence-electron chi connectivity index (χ1n) is 8.91. The van der Waals surface area contributed by atoms with Gasteiger partial charge in [-0.3, -0.25) is 9.59 Å². The predicted molar refractivity (Wildman–Crippen MR) is 94.7 cm³/mol. The van der Waals surface area contributed by atoms with Crippen molar-refractivity contribution in [2.45, 2.75) is 43.7 Å². The van der Waals surface area contributed by atoms with Gasteiger partial charge in [0.05, 0.1) is 6.10 Å². The number of carbonyl (C=O) groups is 1. The summed E-state index contributed by atoms with van der Waals surface area (Å²) < 4.78 is 5.85. The molecule has 2 atom stereocenters. The first kappa shape index (κ1) is 16.1. The van der Waals surface area contributed by atoms with Crippen LogP contribution in [-0.4, -0.2) is 23.5 Å². The first-order valence-corrected chi connectivity index (χ1v) is 8.91. The smallest absolute Gasteiger partial charge is 0.251 e. The largest absolute Gasteiger partial charge is 0.373 e. The number of aromatic nitrogens is 1. The zero-order valence-corrected chi connectivity index (χ0v) is 14.0. The Morgan fingerprint density at radius 1 is 1.12 bits per heavy atom. The van der Waals surface area contributed by atoms with Crippen molar-refractivity contribution in [2.75, 3.05) is 6.61 Å². The molecule has 1 saturated heterocycles. The minimum atomic E-state index is -0.205. The monoisotopic (exact) mass is 338 g/mol. The Balaban J connectivity index is 1.44. The number of carbonyl (C=O) groups excluding carboxylic acids is 1. The molecule has 4 rings (SSSR count). The molecule has 0 radical (unpaired) electrons. The highest BCUT2D eigenvalue weighted by molar-refractivity contribution is 5.94. The Kier molecular flexibility index (Phi) is 4.40. The third-order valence-electron chi connectivity index (χ3n) is 4.94. The second-order valence-electron chi connectivity index (χ2n) is 6.93. The lowest BCUT2D eigenvalue weighted by Crippen LogP contribution is -2.40. The van der Waals surface area contributed by atoms with Gasteiger partial charge in [0, 0.05) is 30.0 Å². The maximum absolute atomic E-state index is 12.6. The molecule has 25 heavy (non-hydrogen) atoms. The number of hydrogen-bond donors (Lipinski definition) is 2. The van der Waals surface area contributed by atoms with Crippen LogP contribution >= 0.6 is 0 Å². The van der Waals surface area contributed by atoms with E-state index in [-0.39, 0.29) is 23.6 Å². The summed E-state index contributed by atoms with van der Waals surface area (Å²) in [6.45, 7) is 0.618. The molecule has 2 aromatic rings. The van der Waals surface area contributed by atoms with Gasteiger partial charge in [0.15, 0.2) is 0 Å². The van der Waals surface area contributed by atoms with Gasteiger partial charge < -0.3 is 15.0 Å². The Bertz CT molecular complexity index is 811. The Hall–Kier alpha value is -2.40. The van der Waals surface area contributed by atoms with Crippen molar-refractivity contribution in [3.05, 3.63) is 69.6 Å². The standard InChI is InChI=1S/C20H22N2O3/c23-19-11-15(10-17(22-19)13-6-7-13)20(24)21-16-8-9-25-18(12-16)14-4-2-1-3-5-14/h1-5,10-11,13,16,18H,6-9,12H2,(H,21,24)(H,22,23). The third-order valence-corrected chi connectivity index (χ3v) is 4.94. The Labute approximate surface area is 146 Å². The van der Waals surface area contributed by atoms with Gasteiger partial charge in [-0.1, -0.05) is 30.3 Å². The summed E-state index contributed by atoms with van der Waals surface area (Å²) in [6, 6.07) is 13.3. The Morgan fingerprint density at radius 3 is 2.68 bits per heavy atom. The summed E-state index contributed by atoms with van der Waals surface area (Å²) >= 11 is 0. The molecule has 1 saturated carbocycles. The van der Waals surface area contributed by atoms with E-state index in [1.54, 1.807) is 0 Å². The number of nitrogens with one attached hydrogen (secondary N) is 2. The number of amides is 1. The van der Waals surface area contributed by atoms with Crippen molar-refractivity contribution < 1.29 is 9.53 Å². The highest BCUT2D eigenvalue weighted by atomic mass is 16.5. The quantitative estimate of drug-likeness (QED) is 0.900. The van der Waals surface area contributed by atoms with Crippen molar-refractivity contribution in [3.8, 4) is 0 Å². The van der Waals surface area contributed by atoms with Gasteiger partial charge in [0.1, 0.15) is 0 Å². The average molecular weight is 338 g/mol. The summed E-state index contributed by atoms with van der Waals surface area (Å²) in [5.41, 5.74) is 2.26. The molecule has 1 amide bonds. The van der Waals surface area contributed by atoms with E-state index in [9.17, 15) is 9.59 Å². The normalized spacial score (nSPS) is 23.2. The summed E-state index contributed by atoms with van der Waals surface area (Å²) in [5, 5.41) is 3.08. The van der Waals surface area contributed by atoms with Crippen molar-refractivity contribution in [1.82, 2.24) is 10.3 Å². The molecule has 2 aliphatic rings. The number of H-pyrrole nitrogens is 1. The van der Waals surface area contributed by atoms with Crippen molar-refractivity contribution >= 4 is 5.91 Å². The lowest BCUT2D eigenvalue weighted by atomic mass is 9.97. The average Bonchev–Trinajstić information content (AvgIpc) is 3.47. The molecule has 1 aromatic heterocycles. The zero-order valence-electron chi connectivity index (χ0n) is 14.0. The van der Waals surface area contributed by atoms with Crippen LogP contribution in [0.3, 0.4) is 0 Å². The summed E-state index contributed by atoms with van der Waals surface area (Å²) in [5.74, 6) is 0.234. The fraction of sp³-hybridized carbons (Fsp3) is 0.400. The van der Waals surface area contributed by atoms with E-state index in [1.807, 2.05) is 36.4 Å². The molecule has 2 heterocycles. The maximum atomic E-state index is 12.6. The van der Waals surface area contributed by atoms with Gasteiger partial charge in [0.25, 0.3) is 5.91 Å². The second-order valence-corrected chi connectivity index (χ2v) is 6.93. The van der Waals surface area contributed by atoms with Gasteiger partial charge >= 0.3 is 0 Å². The minimum absolute atomic E-state index is 0.00134. The van der Waals surface area contributed by atoms with E-state index in [4.69, 9.17) is 4.74 Å². The minimum Gasteiger partial charge on any atom is -0.373 e. The number of benzene rings is 1. The van der Waals surface area contributed by atoms with Crippen LogP contribution in [0.1, 0.15) is 59.3 Å². The van der Waals surface area contributed by atoms with Crippen LogP contribution in [0.15, 0.2) is 47.3 Å². The molecule has 1 aromatic carbocycles. The summed E-state index contributed by atoms with van der Waals surface area (Å²) in [6.07, 6.45) is 3.70. The second kappa shape index (κ2) is 6.84. The number of hydrogen-bond acceptors (Lipinski definition) is 3. The van der Waals surface area contributed by atoms with Gasteiger partial charge in [-0.15, -0.1) is 0 Å². The van der Waals surface area contributed by atoms with E-state index in [0.717, 1.165) is 36.9 Å². The predicted octanol–water partition coefficient (Wildman–Crippen LogP) is 2.90. The van der Waals surface area contributed by atoms with Gasteiger partial charge in [-0.05, 0) is 43.2 Å². The third kappa shape index (κ3) is 3.82. The molecule has 130 valence electrons. The highest BCUT2D eigenvalue weighted by Crippen LogP contribution is 2.38. The molecular formula is C20H22N2O3. The van der Waals surface area contributed by atoms with Crippen LogP contribution < -0.4 is 10.9 Å². The van der Waals surface area contributed by atoms with Crippen LogP contribution in [-0.2, 0) is 4.74 Å². The molecule has 5 nitrogen and oxygen atoms in total. The van der Waals surface area contributed by atoms with Crippen LogP contribution in [0.5, 0.6) is 0 Å². The van der Waals surface area contributed by atoms with E-state index in [1.165, 1.54) is 6.07 Å². The van der Waals surface area contributed by atoms with E-state index in [2.05, 4.69) is 10.3 Å². The summed E-state index contributed by atoms with van der Waals surface area (Å²) in [4.78, 5) is 27.3. The number of ether oxygens (including phenoxy) is 1. The fourth-order valence-electron chi connectivity index (χ4n) is 3.41. The van der Waals surface area contributed by atoms with Crippen LogP contribution in [0.2, 0.25) is 0 Å². The maximum Gasteiger partial charge on any atom is 0.251 e. The van der Waals surface area contributed by atoms with Crippen LogP contribution in [0.25, 0.3) is 0 Å². The van der Waals surface area contributed by atoms with E-state index in [0.29, 0.717) is 18.1 Å². The lowest BCUT2D eigenvalue weighted by Gasteiger charge is -2.30. The molecule has 1 aliphatic heterocycles. The van der Waals surface area contributed by atoms with Crippen LogP contribution in [0.4, 0.5) is 0 Å². The van der Waals surface area contributed by atoms with Crippen molar-refractivity contribution in [1.29, 1.82) is 0 Å². The topological polar surface area (TPSA) is 71.2 Å². The van der Waals surface area contributed by atoms with Gasteiger partial charge in [-0.25, -0.2) is 0 Å². The van der Waals surface area contributed by atoms with E-state index < -0.39 is 0 Å². The molecule has 1 aliphatic carbocycles. The summed E-state index contributed by atoms with van der Waals surface area (Å²) in [7, 11) is 0. The van der Waals surface area contributed by atoms with Crippen LogP contribution in [0, 0.1) is 0 Å². The number of rotatable bonds is 4. The number of aromatic amines is 1. The molecule has 0 bridgehead atoms. The van der Waals surface area contributed by atoms with E-state index >= 15 is 0 Å². The molecule has 2 fully saturated rings. The molecular weight excluding hydrogens is 316 g/mol.